The molecule has 10 heteroatoms. The SMILES string of the molecule is CC(C)OCCCNC(=O)c1ccn(COc2cc(F)ccc2[N+](=O)[O-])n1. The molecule has 0 bridgehead atoms. The molecule has 1 amide bonds. The Morgan fingerprint density at radius 2 is 2.19 bits per heavy atom. The van der Waals surface area contributed by atoms with E-state index in [0.717, 1.165) is 18.2 Å². The molecule has 0 unspecified atom stereocenters. The monoisotopic (exact) mass is 380 g/mol. The lowest BCUT2D eigenvalue weighted by Gasteiger charge is -2.08. The molecular weight excluding hydrogens is 359 g/mol. The van der Waals surface area contributed by atoms with Crippen LogP contribution < -0.4 is 10.1 Å². The third-order valence-electron chi connectivity index (χ3n) is 3.40. The Bertz CT molecular complexity index is 793. The Balaban J connectivity index is 1.86. The Morgan fingerprint density at radius 3 is 2.89 bits per heavy atom. The van der Waals surface area contributed by atoms with Crippen LogP contribution >= 0.6 is 0 Å². The van der Waals surface area contributed by atoms with Gasteiger partial charge in [0, 0.05) is 31.5 Å². The molecule has 1 heterocycles. The topological polar surface area (TPSA) is 109 Å². The van der Waals surface area contributed by atoms with E-state index in [-0.39, 0.29) is 35.9 Å². The van der Waals surface area contributed by atoms with Gasteiger partial charge in [0.05, 0.1) is 11.0 Å². The highest BCUT2D eigenvalue weighted by Crippen LogP contribution is 2.27. The van der Waals surface area contributed by atoms with Crippen LogP contribution in [0.4, 0.5) is 10.1 Å². The first-order valence-corrected chi connectivity index (χ1v) is 8.37. The molecule has 146 valence electrons. The quantitative estimate of drug-likeness (QED) is 0.385. The van der Waals surface area contributed by atoms with Crippen LogP contribution in [0.1, 0.15) is 30.8 Å². The zero-order chi connectivity index (χ0) is 19.8. The number of aromatic nitrogens is 2. The molecular formula is C17H21FN4O5. The number of benzene rings is 1. The van der Waals surface area contributed by atoms with Gasteiger partial charge in [0.25, 0.3) is 5.91 Å². The minimum atomic E-state index is -0.667. The molecule has 0 fully saturated rings. The van der Waals surface area contributed by atoms with Crippen LogP contribution in [0, 0.1) is 15.9 Å². The second kappa shape index (κ2) is 9.62. The molecule has 2 rings (SSSR count). The molecule has 9 nitrogen and oxygen atoms in total. The summed E-state index contributed by atoms with van der Waals surface area (Å²) < 4.78 is 25.2. The van der Waals surface area contributed by atoms with E-state index in [4.69, 9.17) is 9.47 Å². The Kier molecular flexibility index (Phi) is 7.24. The van der Waals surface area contributed by atoms with Crippen molar-refractivity contribution in [3.8, 4) is 5.75 Å². The van der Waals surface area contributed by atoms with Crippen LogP contribution in [0.2, 0.25) is 0 Å². The third-order valence-corrected chi connectivity index (χ3v) is 3.40. The number of hydrogen-bond acceptors (Lipinski definition) is 6. The van der Waals surface area contributed by atoms with Gasteiger partial charge >= 0.3 is 5.69 Å². The molecule has 27 heavy (non-hydrogen) atoms. The molecule has 0 aliphatic carbocycles. The van der Waals surface area contributed by atoms with Crippen molar-refractivity contribution in [2.45, 2.75) is 33.1 Å². The minimum Gasteiger partial charge on any atom is -0.464 e. The molecule has 0 aliphatic heterocycles. The number of nitro benzene ring substituents is 1. The third kappa shape index (κ3) is 6.33. The number of carbonyl (C=O) groups is 1. The highest BCUT2D eigenvalue weighted by molar-refractivity contribution is 5.92. The van der Waals surface area contributed by atoms with Crippen LogP contribution in [0.5, 0.6) is 5.75 Å². The predicted molar refractivity (Wildman–Crippen MR) is 93.9 cm³/mol. The minimum absolute atomic E-state index is 0.144. The molecule has 0 spiro atoms. The van der Waals surface area contributed by atoms with Crippen molar-refractivity contribution in [2.24, 2.45) is 0 Å². The number of halogens is 1. The second-order valence-electron chi connectivity index (χ2n) is 5.91. The summed E-state index contributed by atoms with van der Waals surface area (Å²) in [4.78, 5) is 22.3. The van der Waals surface area contributed by atoms with E-state index in [2.05, 4.69) is 10.4 Å². The van der Waals surface area contributed by atoms with E-state index < -0.39 is 10.7 Å². The van der Waals surface area contributed by atoms with Crippen molar-refractivity contribution in [2.75, 3.05) is 13.2 Å². The van der Waals surface area contributed by atoms with Crippen molar-refractivity contribution in [3.05, 3.63) is 52.1 Å². The lowest BCUT2D eigenvalue weighted by molar-refractivity contribution is -0.386. The largest absolute Gasteiger partial charge is 0.464 e. The molecule has 2 aromatic rings. The van der Waals surface area contributed by atoms with Gasteiger partial charge in [-0.25, -0.2) is 9.07 Å². The maximum absolute atomic E-state index is 13.3. The fourth-order valence-electron chi connectivity index (χ4n) is 2.13. The van der Waals surface area contributed by atoms with Gasteiger partial charge < -0.3 is 14.8 Å². The molecule has 0 atom stereocenters. The number of carbonyl (C=O) groups excluding carboxylic acids is 1. The second-order valence-corrected chi connectivity index (χ2v) is 5.91. The van der Waals surface area contributed by atoms with Gasteiger partial charge in [-0.15, -0.1) is 0 Å². The summed E-state index contributed by atoms with van der Waals surface area (Å²) in [6.45, 7) is 4.66. The van der Waals surface area contributed by atoms with E-state index in [1.165, 1.54) is 16.9 Å². The predicted octanol–water partition coefficient (Wildman–Crippen LogP) is 2.51. The van der Waals surface area contributed by atoms with Crippen molar-refractivity contribution in [1.29, 1.82) is 0 Å². The number of rotatable bonds is 10. The molecule has 0 saturated carbocycles. The van der Waals surface area contributed by atoms with Crippen molar-refractivity contribution >= 4 is 11.6 Å². The lowest BCUT2D eigenvalue weighted by atomic mass is 10.3. The van der Waals surface area contributed by atoms with Crippen LogP contribution in [0.3, 0.4) is 0 Å². The molecule has 1 aromatic carbocycles. The number of amides is 1. The van der Waals surface area contributed by atoms with Crippen molar-refractivity contribution in [1.82, 2.24) is 15.1 Å². The first kappa shape index (κ1) is 20.3. The summed E-state index contributed by atoms with van der Waals surface area (Å²) >= 11 is 0. The average Bonchev–Trinajstić information content (AvgIpc) is 3.08. The summed E-state index contributed by atoms with van der Waals surface area (Å²) in [6, 6.07) is 4.42. The van der Waals surface area contributed by atoms with Gasteiger partial charge in [-0.1, -0.05) is 0 Å². The summed E-state index contributed by atoms with van der Waals surface area (Å²) in [7, 11) is 0. The fourth-order valence-corrected chi connectivity index (χ4v) is 2.13. The summed E-state index contributed by atoms with van der Waals surface area (Å²) in [6.07, 6.45) is 2.31. The average molecular weight is 380 g/mol. The first-order valence-electron chi connectivity index (χ1n) is 8.37. The number of nitro groups is 1. The van der Waals surface area contributed by atoms with Gasteiger partial charge in [0.2, 0.25) is 5.75 Å². The zero-order valence-electron chi connectivity index (χ0n) is 15.1. The number of nitrogens with one attached hydrogen (secondary N) is 1. The number of ether oxygens (including phenoxy) is 2. The van der Waals surface area contributed by atoms with Gasteiger partial charge in [-0.2, -0.15) is 5.10 Å². The van der Waals surface area contributed by atoms with Crippen LogP contribution in [-0.2, 0) is 11.5 Å². The Labute approximate surface area is 155 Å². The van der Waals surface area contributed by atoms with Gasteiger partial charge in [-0.05, 0) is 32.4 Å². The summed E-state index contributed by atoms with van der Waals surface area (Å²) in [5, 5.41) is 17.7. The van der Waals surface area contributed by atoms with E-state index in [1.54, 1.807) is 0 Å². The van der Waals surface area contributed by atoms with Crippen molar-refractivity contribution < 1.29 is 23.6 Å². The van der Waals surface area contributed by atoms with Crippen LogP contribution in [-0.4, -0.2) is 39.9 Å². The first-order chi connectivity index (χ1) is 12.9. The van der Waals surface area contributed by atoms with Gasteiger partial charge in [-0.3, -0.25) is 14.9 Å². The molecule has 0 saturated heterocycles. The van der Waals surface area contributed by atoms with Gasteiger partial charge in [0.15, 0.2) is 6.73 Å². The lowest BCUT2D eigenvalue weighted by Crippen LogP contribution is -2.26. The summed E-state index contributed by atoms with van der Waals surface area (Å²) in [5.74, 6) is -1.22. The fraction of sp³-hybridized carbons (Fsp3) is 0.412. The highest BCUT2D eigenvalue weighted by atomic mass is 19.1. The highest BCUT2D eigenvalue weighted by Gasteiger charge is 2.16. The Morgan fingerprint density at radius 1 is 1.41 bits per heavy atom. The molecule has 1 N–H and O–H groups in total. The Hall–Kier alpha value is -3.01. The van der Waals surface area contributed by atoms with E-state index in [0.29, 0.717) is 19.6 Å². The van der Waals surface area contributed by atoms with E-state index >= 15 is 0 Å². The molecule has 0 aliphatic rings. The van der Waals surface area contributed by atoms with Crippen molar-refractivity contribution in [3.63, 3.8) is 0 Å². The van der Waals surface area contributed by atoms with Gasteiger partial charge in [0.1, 0.15) is 11.5 Å². The molecule has 1 aromatic heterocycles. The van der Waals surface area contributed by atoms with Crippen LogP contribution in [0.25, 0.3) is 0 Å². The maximum Gasteiger partial charge on any atom is 0.311 e. The maximum atomic E-state index is 13.3. The summed E-state index contributed by atoms with van der Waals surface area (Å²) in [5.41, 5.74) is -0.178. The number of nitrogens with zero attached hydrogens (tertiary/aromatic N) is 3. The zero-order valence-corrected chi connectivity index (χ0v) is 15.1. The standard InChI is InChI=1S/C17H21FN4O5/c1-12(2)26-9-3-7-19-17(23)14-6-8-21(20-14)11-27-16-10-13(18)4-5-15(16)22(24)25/h4-6,8,10,12H,3,7,9,11H2,1-2H3,(H,19,23). The smallest absolute Gasteiger partial charge is 0.311 e. The van der Waals surface area contributed by atoms with Crippen LogP contribution in [0.15, 0.2) is 30.5 Å². The normalized spacial score (nSPS) is 10.8. The van der Waals surface area contributed by atoms with E-state index in [9.17, 15) is 19.3 Å². The molecule has 0 radical (unpaired) electrons. The van der Waals surface area contributed by atoms with E-state index in [1.807, 2.05) is 13.8 Å². The number of hydrogen-bond donors (Lipinski definition) is 1.